The molecule has 6 nitrogen and oxygen atoms in total. The molecule has 0 aliphatic rings. The third-order valence-electron chi connectivity index (χ3n) is 4.03. The Kier molecular flexibility index (Phi) is 8.07. The summed E-state index contributed by atoms with van der Waals surface area (Å²) in [6.45, 7) is 2.84. The number of unbranched alkanes of at least 4 members (excludes halogenated alkanes) is 4. The maximum absolute atomic E-state index is 12.3. The molecule has 144 valence electrons. The van der Waals surface area contributed by atoms with Crippen LogP contribution in [0.5, 0.6) is 5.75 Å². The molecule has 0 radical (unpaired) electrons. The summed E-state index contributed by atoms with van der Waals surface area (Å²) in [5.74, 6) is 0.349. The van der Waals surface area contributed by atoms with E-state index >= 15 is 0 Å². The maximum atomic E-state index is 12.3. The number of nitro groups is 1. The van der Waals surface area contributed by atoms with Gasteiger partial charge in [-0.25, -0.2) is 0 Å². The van der Waals surface area contributed by atoms with E-state index < -0.39 is 4.92 Å². The van der Waals surface area contributed by atoms with Gasteiger partial charge in [0.15, 0.2) is 0 Å². The van der Waals surface area contributed by atoms with Gasteiger partial charge in [0.1, 0.15) is 10.8 Å². The van der Waals surface area contributed by atoms with Crippen molar-refractivity contribution in [3.63, 3.8) is 0 Å². The zero-order chi connectivity index (χ0) is 19.6. The Bertz CT molecular complexity index is 778. The Labute approximate surface area is 163 Å². The van der Waals surface area contributed by atoms with E-state index in [9.17, 15) is 14.9 Å². The Balaban J connectivity index is 1.88. The molecule has 7 heteroatoms. The zero-order valence-electron chi connectivity index (χ0n) is 15.2. The Morgan fingerprint density at radius 1 is 1.11 bits per heavy atom. The lowest BCUT2D eigenvalue weighted by molar-refractivity contribution is -0.384. The fourth-order valence-corrected chi connectivity index (χ4v) is 2.72. The summed E-state index contributed by atoms with van der Waals surface area (Å²) >= 11 is 5.77. The molecule has 2 rings (SSSR count). The lowest BCUT2D eigenvalue weighted by Crippen LogP contribution is -2.12. The number of nitrogens with zero attached hydrogens (tertiary/aromatic N) is 1. The number of benzene rings is 2. The van der Waals surface area contributed by atoms with E-state index in [0.29, 0.717) is 23.6 Å². The number of rotatable bonds is 10. The fraction of sp³-hybridized carbons (Fsp3) is 0.350. The van der Waals surface area contributed by atoms with Crippen LogP contribution in [0.1, 0.15) is 49.4 Å². The number of halogens is 1. The van der Waals surface area contributed by atoms with Gasteiger partial charge in [-0.3, -0.25) is 14.9 Å². The summed E-state index contributed by atoms with van der Waals surface area (Å²) in [4.78, 5) is 22.6. The van der Waals surface area contributed by atoms with Crippen molar-refractivity contribution in [1.82, 2.24) is 0 Å². The van der Waals surface area contributed by atoms with Crippen molar-refractivity contribution in [3.8, 4) is 5.75 Å². The predicted octanol–water partition coefficient (Wildman–Crippen LogP) is 5.85. The van der Waals surface area contributed by atoms with Gasteiger partial charge in [0.2, 0.25) is 0 Å². The van der Waals surface area contributed by atoms with Crippen LogP contribution in [-0.4, -0.2) is 17.4 Å². The van der Waals surface area contributed by atoms with E-state index in [1.807, 2.05) is 0 Å². The molecule has 0 heterocycles. The standard InChI is InChI=1S/C20H23ClN2O4/c1-2-3-4-5-6-13-27-17-10-7-15(8-11-17)20(24)22-16-9-12-18(21)19(14-16)23(25)26/h7-12,14H,2-6,13H2,1H3,(H,22,24). The molecule has 0 fully saturated rings. The third-order valence-corrected chi connectivity index (χ3v) is 4.35. The molecule has 0 saturated heterocycles. The SMILES string of the molecule is CCCCCCCOc1ccc(C(=O)Nc2ccc(Cl)c([N+](=O)[O-])c2)cc1. The average molecular weight is 391 g/mol. The summed E-state index contributed by atoms with van der Waals surface area (Å²) in [6, 6.07) is 10.9. The average Bonchev–Trinajstić information content (AvgIpc) is 2.66. The molecule has 2 aromatic carbocycles. The van der Waals surface area contributed by atoms with Gasteiger partial charge in [0.05, 0.1) is 11.5 Å². The summed E-state index contributed by atoms with van der Waals surface area (Å²) < 4.78 is 5.67. The second-order valence-electron chi connectivity index (χ2n) is 6.16. The number of carbonyl (C=O) groups is 1. The van der Waals surface area contributed by atoms with Gasteiger partial charge in [-0.05, 0) is 42.8 Å². The number of nitrogens with one attached hydrogen (secondary N) is 1. The smallest absolute Gasteiger partial charge is 0.289 e. The van der Waals surface area contributed by atoms with Crippen molar-refractivity contribution in [2.45, 2.75) is 39.0 Å². The van der Waals surface area contributed by atoms with Crippen LogP contribution in [0.25, 0.3) is 0 Å². The predicted molar refractivity (Wildman–Crippen MR) is 107 cm³/mol. The number of ether oxygens (including phenoxy) is 1. The molecule has 0 aromatic heterocycles. The van der Waals surface area contributed by atoms with Gasteiger partial charge in [-0.1, -0.05) is 44.2 Å². The summed E-state index contributed by atoms with van der Waals surface area (Å²) in [5.41, 5.74) is 0.489. The summed E-state index contributed by atoms with van der Waals surface area (Å²) in [6.07, 6.45) is 5.86. The van der Waals surface area contributed by atoms with Crippen LogP contribution in [0.15, 0.2) is 42.5 Å². The molecular formula is C20H23ClN2O4. The first-order valence-corrected chi connectivity index (χ1v) is 9.37. The van der Waals surface area contributed by atoms with Gasteiger partial charge in [0, 0.05) is 17.3 Å². The van der Waals surface area contributed by atoms with Crippen molar-refractivity contribution in [3.05, 3.63) is 63.2 Å². The molecule has 0 unspecified atom stereocenters. The minimum absolute atomic E-state index is 0.0224. The molecule has 1 amide bonds. The molecule has 0 spiro atoms. The number of anilines is 1. The van der Waals surface area contributed by atoms with Gasteiger partial charge in [-0.15, -0.1) is 0 Å². The molecule has 0 aliphatic carbocycles. The molecule has 27 heavy (non-hydrogen) atoms. The minimum atomic E-state index is -0.591. The normalized spacial score (nSPS) is 10.4. The molecule has 0 bridgehead atoms. The van der Waals surface area contributed by atoms with Crippen molar-refractivity contribution < 1.29 is 14.5 Å². The Morgan fingerprint density at radius 2 is 1.81 bits per heavy atom. The molecule has 0 saturated carbocycles. The lowest BCUT2D eigenvalue weighted by atomic mass is 10.1. The second kappa shape index (κ2) is 10.5. The van der Waals surface area contributed by atoms with E-state index in [1.165, 1.54) is 37.5 Å². The highest BCUT2D eigenvalue weighted by Gasteiger charge is 2.14. The van der Waals surface area contributed by atoms with E-state index in [0.717, 1.165) is 12.8 Å². The fourth-order valence-electron chi connectivity index (χ4n) is 2.53. The molecule has 2 aromatic rings. The highest BCUT2D eigenvalue weighted by atomic mass is 35.5. The summed E-state index contributed by atoms with van der Waals surface area (Å²) in [5, 5.41) is 13.6. The van der Waals surface area contributed by atoms with Crippen LogP contribution in [0.4, 0.5) is 11.4 Å². The van der Waals surface area contributed by atoms with E-state index in [-0.39, 0.29) is 16.6 Å². The first-order chi connectivity index (χ1) is 13.0. The molecule has 1 N–H and O–H groups in total. The number of amides is 1. The van der Waals surface area contributed by atoms with E-state index in [1.54, 1.807) is 24.3 Å². The number of hydrogen-bond acceptors (Lipinski definition) is 4. The van der Waals surface area contributed by atoms with Crippen molar-refractivity contribution in [2.24, 2.45) is 0 Å². The Hall–Kier alpha value is -2.60. The minimum Gasteiger partial charge on any atom is -0.494 e. The third kappa shape index (κ3) is 6.57. The van der Waals surface area contributed by atoms with E-state index in [2.05, 4.69) is 12.2 Å². The monoisotopic (exact) mass is 390 g/mol. The van der Waals surface area contributed by atoms with E-state index in [4.69, 9.17) is 16.3 Å². The number of carbonyl (C=O) groups excluding carboxylic acids is 1. The summed E-state index contributed by atoms with van der Waals surface area (Å²) in [7, 11) is 0. The van der Waals surface area contributed by atoms with Gasteiger partial charge in [-0.2, -0.15) is 0 Å². The topological polar surface area (TPSA) is 81.5 Å². The lowest BCUT2D eigenvalue weighted by Gasteiger charge is -2.08. The quantitative estimate of drug-likeness (QED) is 0.313. The largest absolute Gasteiger partial charge is 0.494 e. The second-order valence-corrected chi connectivity index (χ2v) is 6.57. The maximum Gasteiger partial charge on any atom is 0.289 e. The van der Waals surface area contributed by atoms with Crippen molar-refractivity contribution in [1.29, 1.82) is 0 Å². The molecule has 0 atom stereocenters. The van der Waals surface area contributed by atoms with Crippen molar-refractivity contribution >= 4 is 28.9 Å². The van der Waals surface area contributed by atoms with Gasteiger partial charge in [0.25, 0.3) is 11.6 Å². The van der Waals surface area contributed by atoms with Crippen LogP contribution in [0, 0.1) is 10.1 Å². The first-order valence-electron chi connectivity index (χ1n) is 8.99. The molecular weight excluding hydrogens is 368 g/mol. The van der Waals surface area contributed by atoms with Crippen LogP contribution < -0.4 is 10.1 Å². The van der Waals surface area contributed by atoms with Crippen LogP contribution in [0.3, 0.4) is 0 Å². The van der Waals surface area contributed by atoms with Gasteiger partial charge < -0.3 is 10.1 Å². The Morgan fingerprint density at radius 3 is 2.48 bits per heavy atom. The number of hydrogen-bond donors (Lipinski definition) is 1. The highest BCUT2D eigenvalue weighted by molar-refractivity contribution is 6.32. The first kappa shape index (κ1) is 20.7. The van der Waals surface area contributed by atoms with Crippen molar-refractivity contribution in [2.75, 3.05) is 11.9 Å². The zero-order valence-corrected chi connectivity index (χ0v) is 16.0. The van der Waals surface area contributed by atoms with Crippen LogP contribution in [-0.2, 0) is 0 Å². The van der Waals surface area contributed by atoms with Crippen LogP contribution in [0.2, 0.25) is 5.02 Å². The number of nitro benzene ring substituents is 1. The van der Waals surface area contributed by atoms with Crippen LogP contribution >= 0.6 is 11.6 Å². The molecule has 0 aliphatic heterocycles. The highest BCUT2D eigenvalue weighted by Crippen LogP contribution is 2.27. The van der Waals surface area contributed by atoms with Gasteiger partial charge >= 0.3 is 0 Å².